The topological polar surface area (TPSA) is 86.8 Å². The Balaban J connectivity index is 1.78. The zero-order valence-corrected chi connectivity index (χ0v) is 18.3. The highest BCUT2D eigenvalue weighted by Crippen LogP contribution is 2.31. The van der Waals surface area contributed by atoms with Gasteiger partial charge in [-0.1, -0.05) is 11.6 Å². The summed E-state index contributed by atoms with van der Waals surface area (Å²) < 4.78 is 29.2. The van der Waals surface area contributed by atoms with Gasteiger partial charge in [0.2, 0.25) is 0 Å². The van der Waals surface area contributed by atoms with Crippen LogP contribution in [0.3, 0.4) is 0 Å². The van der Waals surface area contributed by atoms with Gasteiger partial charge in [0.15, 0.2) is 17.3 Å². The number of amides is 1. The lowest BCUT2D eigenvalue weighted by Gasteiger charge is -2.11. The standard InChI is InChI=1S/C23H20ClFN2O5/c1-30-19-8-5-14(11-21(19)32-3)23(29)26-12-18(28)17-7-9-20(31-2)22(27-17)13-4-6-16(25)15(24)10-13/h4-11H,12H2,1-3H3,(H,26,29). The maximum Gasteiger partial charge on any atom is 0.251 e. The van der Waals surface area contributed by atoms with E-state index in [1.807, 2.05) is 0 Å². The number of ketones is 1. The molecule has 0 fully saturated rings. The second-order valence-electron chi connectivity index (χ2n) is 6.55. The molecule has 2 aromatic carbocycles. The summed E-state index contributed by atoms with van der Waals surface area (Å²) in [6.07, 6.45) is 0. The molecular weight excluding hydrogens is 439 g/mol. The molecule has 0 radical (unpaired) electrons. The smallest absolute Gasteiger partial charge is 0.251 e. The van der Waals surface area contributed by atoms with Crippen molar-refractivity contribution >= 4 is 23.3 Å². The van der Waals surface area contributed by atoms with E-state index in [4.69, 9.17) is 25.8 Å². The number of methoxy groups -OCH3 is 3. The second-order valence-corrected chi connectivity index (χ2v) is 6.96. The molecule has 3 rings (SSSR count). The number of hydrogen-bond acceptors (Lipinski definition) is 6. The molecule has 0 atom stereocenters. The average Bonchev–Trinajstić information content (AvgIpc) is 2.83. The number of Topliss-reactive ketones (excluding diaryl/α,β-unsaturated/α-hetero) is 1. The summed E-state index contributed by atoms with van der Waals surface area (Å²) in [7, 11) is 4.41. The van der Waals surface area contributed by atoms with Crippen molar-refractivity contribution in [2.45, 2.75) is 0 Å². The van der Waals surface area contributed by atoms with Gasteiger partial charge in [-0.15, -0.1) is 0 Å². The van der Waals surface area contributed by atoms with Gasteiger partial charge in [0.25, 0.3) is 5.91 Å². The molecule has 9 heteroatoms. The Morgan fingerprint density at radius 3 is 2.28 bits per heavy atom. The molecule has 0 unspecified atom stereocenters. The van der Waals surface area contributed by atoms with Crippen LogP contribution < -0.4 is 19.5 Å². The van der Waals surface area contributed by atoms with Crippen LogP contribution >= 0.6 is 11.6 Å². The fourth-order valence-corrected chi connectivity index (χ4v) is 3.13. The molecule has 0 aliphatic heterocycles. The van der Waals surface area contributed by atoms with Gasteiger partial charge >= 0.3 is 0 Å². The Morgan fingerprint density at radius 2 is 1.62 bits per heavy atom. The Bertz CT molecular complexity index is 1170. The van der Waals surface area contributed by atoms with Crippen LogP contribution in [-0.4, -0.2) is 44.5 Å². The van der Waals surface area contributed by atoms with Gasteiger partial charge in [-0.3, -0.25) is 9.59 Å². The predicted molar refractivity (Wildman–Crippen MR) is 117 cm³/mol. The summed E-state index contributed by atoms with van der Waals surface area (Å²) in [4.78, 5) is 29.5. The first-order valence-corrected chi connectivity index (χ1v) is 9.79. The molecule has 3 aromatic rings. The van der Waals surface area contributed by atoms with E-state index in [1.165, 1.54) is 51.7 Å². The zero-order valence-electron chi connectivity index (χ0n) is 17.6. The number of carbonyl (C=O) groups is 2. The SMILES string of the molecule is COc1ccc(C(=O)NCC(=O)c2ccc(OC)c(-c3ccc(F)c(Cl)c3)n2)cc1OC. The molecule has 1 amide bonds. The van der Waals surface area contributed by atoms with Gasteiger partial charge in [-0.25, -0.2) is 9.37 Å². The predicted octanol–water partition coefficient (Wildman–Crippen LogP) is 4.18. The molecule has 166 valence electrons. The summed E-state index contributed by atoms with van der Waals surface area (Å²) >= 11 is 5.87. The van der Waals surface area contributed by atoms with E-state index in [-0.39, 0.29) is 17.3 Å². The van der Waals surface area contributed by atoms with E-state index in [1.54, 1.807) is 18.2 Å². The van der Waals surface area contributed by atoms with E-state index >= 15 is 0 Å². The number of aromatic nitrogens is 1. The van der Waals surface area contributed by atoms with Crippen molar-refractivity contribution in [3.8, 4) is 28.5 Å². The third-order valence-corrected chi connectivity index (χ3v) is 4.90. The lowest BCUT2D eigenvalue weighted by atomic mass is 10.1. The molecule has 1 aromatic heterocycles. The Hall–Kier alpha value is -3.65. The molecule has 1 N–H and O–H groups in total. The Labute approximate surface area is 189 Å². The summed E-state index contributed by atoms with van der Waals surface area (Å²) in [6.45, 7) is -0.282. The summed E-state index contributed by atoms with van der Waals surface area (Å²) in [5, 5.41) is 2.49. The van der Waals surface area contributed by atoms with E-state index in [9.17, 15) is 14.0 Å². The molecule has 0 aliphatic rings. The lowest BCUT2D eigenvalue weighted by molar-refractivity contribution is 0.0902. The van der Waals surface area contributed by atoms with Crippen LogP contribution in [0.5, 0.6) is 17.2 Å². The van der Waals surface area contributed by atoms with Gasteiger partial charge in [0, 0.05) is 11.1 Å². The van der Waals surface area contributed by atoms with Crippen LogP contribution in [-0.2, 0) is 0 Å². The first-order valence-electron chi connectivity index (χ1n) is 9.41. The number of benzene rings is 2. The number of carbonyl (C=O) groups excluding carboxylic acids is 2. The number of nitrogens with zero attached hydrogens (tertiary/aromatic N) is 1. The van der Waals surface area contributed by atoms with Crippen LogP contribution in [0.2, 0.25) is 5.02 Å². The zero-order chi connectivity index (χ0) is 23.3. The quantitative estimate of drug-likeness (QED) is 0.509. The van der Waals surface area contributed by atoms with Gasteiger partial charge in [0.05, 0.1) is 32.9 Å². The molecule has 32 heavy (non-hydrogen) atoms. The number of hydrogen-bond donors (Lipinski definition) is 1. The monoisotopic (exact) mass is 458 g/mol. The summed E-state index contributed by atoms with van der Waals surface area (Å²) in [5.41, 5.74) is 1.22. The normalized spacial score (nSPS) is 10.4. The molecule has 7 nitrogen and oxygen atoms in total. The molecule has 0 saturated carbocycles. The van der Waals surface area contributed by atoms with Crippen LogP contribution in [0, 0.1) is 5.82 Å². The molecule has 0 bridgehead atoms. The average molecular weight is 459 g/mol. The van der Waals surface area contributed by atoms with Crippen molar-refractivity contribution in [2.75, 3.05) is 27.9 Å². The van der Waals surface area contributed by atoms with Crippen molar-refractivity contribution in [3.63, 3.8) is 0 Å². The third-order valence-electron chi connectivity index (χ3n) is 4.61. The van der Waals surface area contributed by atoms with E-state index < -0.39 is 17.5 Å². The Kier molecular flexibility index (Phi) is 7.27. The fraction of sp³-hybridized carbons (Fsp3) is 0.174. The highest BCUT2D eigenvalue weighted by molar-refractivity contribution is 6.31. The minimum atomic E-state index is -0.570. The van der Waals surface area contributed by atoms with Gasteiger partial charge in [0.1, 0.15) is 23.0 Å². The summed E-state index contributed by atoms with van der Waals surface area (Å²) in [5.74, 6) is -0.186. The number of pyridine rings is 1. The lowest BCUT2D eigenvalue weighted by Crippen LogP contribution is -2.30. The van der Waals surface area contributed by atoms with Crippen molar-refractivity contribution < 1.29 is 28.2 Å². The molecule has 0 aliphatic carbocycles. The minimum Gasteiger partial charge on any atom is -0.494 e. The molecule has 0 saturated heterocycles. The fourth-order valence-electron chi connectivity index (χ4n) is 2.95. The van der Waals surface area contributed by atoms with E-state index in [0.29, 0.717) is 34.1 Å². The third kappa shape index (κ3) is 4.97. The number of halogens is 2. The summed E-state index contributed by atoms with van der Waals surface area (Å²) in [6, 6.07) is 11.8. The maximum atomic E-state index is 13.5. The molecule has 1 heterocycles. The number of nitrogens with one attached hydrogen (secondary N) is 1. The van der Waals surface area contributed by atoms with Crippen LogP contribution in [0.1, 0.15) is 20.8 Å². The minimum absolute atomic E-state index is 0.0785. The first kappa shape index (κ1) is 23.0. The molecular formula is C23H20ClFN2O5. The Morgan fingerprint density at radius 1 is 0.938 bits per heavy atom. The van der Waals surface area contributed by atoms with Crippen molar-refractivity contribution in [3.05, 3.63) is 70.6 Å². The van der Waals surface area contributed by atoms with Crippen LogP contribution in [0.15, 0.2) is 48.5 Å². The van der Waals surface area contributed by atoms with Crippen molar-refractivity contribution in [1.82, 2.24) is 10.3 Å². The van der Waals surface area contributed by atoms with Gasteiger partial charge in [-0.05, 0) is 48.5 Å². The number of ether oxygens (including phenoxy) is 3. The van der Waals surface area contributed by atoms with Crippen molar-refractivity contribution in [2.24, 2.45) is 0 Å². The van der Waals surface area contributed by atoms with Crippen molar-refractivity contribution in [1.29, 1.82) is 0 Å². The highest BCUT2D eigenvalue weighted by Gasteiger charge is 2.17. The van der Waals surface area contributed by atoms with E-state index in [2.05, 4.69) is 10.3 Å². The largest absolute Gasteiger partial charge is 0.494 e. The van der Waals surface area contributed by atoms with E-state index in [0.717, 1.165) is 0 Å². The van der Waals surface area contributed by atoms with Crippen LogP contribution in [0.25, 0.3) is 11.3 Å². The maximum absolute atomic E-state index is 13.5. The highest BCUT2D eigenvalue weighted by atomic mass is 35.5. The number of rotatable bonds is 8. The first-order chi connectivity index (χ1) is 15.4. The van der Waals surface area contributed by atoms with Crippen LogP contribution in [0.4, 0.5) is 4.39 Å². The van der Waals surface area contributed by atoms with Gasteiger partial charge < -0.3 is 19.5 Å². The molecule has 0 spiro atoms. The van der Waals surface area contributed by atoms with Gasteiger partial charge in [-0.2, -0.15) is 0 Å². The second kappa shape index (κ2) is 10.1.